The van der Waals surface area contributed by atoms with Gasteiger partial charge in [-0.2, -0.15) is 0 Å². The van der Waals surface area contributed by atoms with Gasteiger partial charge in [-0.15, -0.1) is 0 Å². The van der Waals surface area contributed by atoms with Gasteiger partial charge in [-0.1, -0.05) is 36.4 Å². The predicted octanol–water partition coefficient (Wildman–Crippen LogP) is 3.27. The maximum atomic E-state index is 13.4. The minimum Gasteiger partial charge on any atom is -0.354 e. The zero-order valence-corrected chi connectivity index (χ0v) is 13.7. The number of benzene rings is 2. The van der Waals surface area contributed by atoms with Crippen molar-refractivity contribution in [2.75, 3.05) is 26.2 Å². The molecule has 0 aliphatic carbocycles. The Morgan fingerprint density at radius 2 is 1.92 bits per heavy atom. The Labute approximate surface area is 142 Å². The number of ether oxygens (including phenoxy) is 1. The third kappa shape index (κ3) is 3.09. The van der Waals surface area contributed by atoms with Gasteiger partial charge >= 0.3 is 0 Å². The fourth-order valence-corrected chi connectivity index (χ4v) is 3.66. The summed E-state index contributed by atoms with van der Waals surface area (Å²) < 4.78 is 19.4. The van der Waals surface area contributed by atoms with Crippen LogP contribution in [-0.2, 0) is 11.2 Å². The first-order valence-corrected chi connectivity index (χ1v) is 8.62. The quantitative estimate of drug-likeness (QED) is 0.917. The van der Waals surface area contributed by atoms with Crippen molar-refractivity contribution in [1.29, 1.82) is 0 Å². The SMILES string of the molecule is Fc1ccc([C@H]2c3ccccc3CCN2[C]2CNCCCO2)cc1. The van der Waals surface area contributed by atoms with Crippen LogP contribution < -0.4 is 5.32 Å². The van der Waals surface area contributed by atoms with Gasteiger partial charge in [0.15, 0.2) is 6.23 Å². The van der Waals surface area contributed by atoms with E-state index in [1.807, 2.05) is 12.1 Å². The van der Waals surface area contributed by atoms with Crippen LogP contribution >= 0.6 is 0 Å². The van der Waals surface area contributed by atoms with Gasteiger partial charge in [0, 0.05) is 13.1 Å². The monoisotopic (exact) mass is 325 g/mol. The van der Waals surface area contributed by atoms with Gasteiger partial charge in [-0.05, 0) is 48.2 Å². The third-order valence-corrected chi connectivity index (χ3v) is 4.83. The number of halogens is 1. The molecule has 1 saturated heterocycles. The van der Waals surface area contributed by atoms with E-state index in [9.17, 15) is 4.39 Å². The summed E-state index contributed by atoms with van der Waals surface area (Å²) in [5.41, 5.74) is 3.75. The van der Waals surface area contributed by atoms with Crippen LogP contribution in [0.25, 0.3) is 0 Å². The van der Waals surface area contributed by atoms with Crippen molar-refractivity contribution >= 4 is 0 Å². The van der Waals surface area contributed by atoms with Gasteiger partial charge in [-0.3, -0.25) is 4.90 Å². The molecule has 4 heteroatoms. The normalized spacial score (nSPS) is 22.8. The summed E-state index contributed by atoms with van der Waals surface area (Å²) in [6, 6.07) is 15.5. The van der Waals surface area contributed by atoms with E-state index in [0.29, 0.717) is 0 Å². The van der Waals surface area contributed by atoms with E-state index in [4.69, 9.17) is 4.74 Å². The molecule has 2 aliphatic rings. The topological polar surface area (TPSA) is 24.5 Å². The molecule has 0 bridgehead atoms. The van der Waals surface area contributed by atoms with Crippen LogP contribution in [0.5, 0.6) is 0 Å². The lowest BCUT2D eigenvalue weighted by Crippen LogP contribution is -2.43. The summed E-state index contributed by atoms with van der Waals surface area (Å²) in [5.74, 6) is -0.200. The molecule has 2 aliphatic heterocycles. The minimum atomic E-state index is -0.200. The van der Waals surface area contributed by atoms with Crippen molar-refractivity contribution in [2.24, 2.45) is 0 Å². The van der Waals surface area contributed by atoms with Gasteiger partial charge in [-0.25, -0.2) is 4.39 Å². The molecular formula is C20H22FN2O. The van der Waals surface area contributed by atoms with Gasteiger partial charge < -0.3 is 10.1 Å². The summed E-state index contributed by atoms with van der Waals surface area (Å²) in [4.78, 5) is 2.34. The standard InChI is InChI=1S/C20H22FN2O/c21-17-8-6-16(7-9-17)20-18-5-2-1-4-15(18)10-12-23(20)19-14-22-11-3-13-24-19/h1-2,4-9,20,22H,3,10-14H2/t20-/m0/s1. The molecule has 0 unspecified atom stereocenters. The minimum absolute atomic E-state index is 0.0745. The van der Waals surface area contributed by atoms with Crippen LogP contribution in [0.2, 0.25) is 0 Å². The molecule has 1 radical (unpaired) electrons. The van der Waals surface area contributed by atoms with Gasteiger partial charge in [0.2, 0.25) is 0 Å². The van der Waals surface area contributed by atoms with Crippen LogP contribution in [0.1, 0.15) is 29.2 Å². The molecule has 2 aromatic rings. The number of fused-ring (bicyclic) bond motifs is 1. The number of hydrogen-bond donors (Lipinski definition) is 1. The Kier molecular flexibility index (Phi) is 4.60. The summed E-state index contributed by atoms with van der Waals surface area (Å²) in [6.07, 6.45) is 3.02. The summed E-state index contributed by atoms with van der Waals surface area (Å²) in [6.45, 7) is 3.39. The number of hydrogen-bond acceptors (Lipinski definition) is 3. The molecule has 0 amide bonds. The molecule has 24 heavy (non-hydrogen) atoms. The lowest BCUT2D eigenvalue weighted by Gasteiger charge is -2.41. The number of nitrogens with zero attached hydrogens (tertiary/aromatic N) is 1. The fraction of sp³-hybridized carbons (Fsp3) is 0.350. The van der Waals surface area contributed by atoms with E-state index in [0.717, 1.165) is 50.9 Å². The highest BCUT2D eigenvalue weighted by Crippen LogP contribution is 2.38. The Morgan fingerprint density at radius 1 is 1.08 bits per heavy atom. The second-order valence-corrected chi connectivity index (χ2v) is 6.37. The molecule has 3 nitrogen and oxygen atoms in total. The fourth-order valence-electron chi connectivity index (χ4n) is 3.66. The van der Waals surface area contributed by atoms with Crippen LogP contribution in [0.4, 0.5) is 4.39 Å². The highest BCUT2D eigenvalue weighted by Gasteiger charge is 2.35. The molecule has 0 saturated carbocycles. The first kappa shape index (κ1) is 15.8. The van der Waals surface area contributed by atoms with E-state index in [1.165, 1.54) is 11.1 Å². The summed E-state index contributed by atoms with van der Waals surface area (Å²) in [7, 11) is 0. The van der Waals surface area contributed by atoms with E-state index in [2.05, 4.69) is 34.5 Å². The van der Waals surface area contributed by atoms with Gasteiger partial charge in [0.25, 0.3) is 0 Å². The molecule has 2 aromatic carbocycles. The number of nitrogens with one attached hydrogen (secondary N) is 1. The molecule has 0 aromatic heterocycles. The van der Waals surface area contributed by atoms with E-state index in [1.54, 1.807) is 12.1 Å². The lowest BCUT2D eigenvalue weighted by molar-refractivity contribution is 0.0225. The smallest absolute Gasteiger partial charge is 0.179 e. The Balaban J connectivity index is 1.73. The highest BCUT2D eigenvalue weighted by molar-refractivity contribution is 5.40. The molecule has 1 fully saturated rings. The maximum Gasteiger partial charge on any atom is 0.179 e. The molecule has 2 heterocycles. The Hall–Kier alpha value is -1.75. The van der Waals surface area contributed by atoms with Crippen molar-refractivity contribution in [3.63, 3.8) is 0 Å². The van der Waals surface area contributed by atoms with Crippen molar-refractivity contribution in [1.82, 2.24) is 10.2 Å². The van der Waals surface area contributed by atoms with E-state index < -0.39 is 0 Å². The maximum absolute atomic E-state index is 13.4. The predicted molar refractivity (Wildman–Crippen MR) is 91.8 cm³/mol. The molecule has 1 atom stereocenters. The average molecular weight is 325 g/mol. The molecular weight excluding hydrogens is 303 g/mol. The Morgan fingerprint density at radius 3 is 2.79 bits per heavy atom. The number of rotatable bonds is 2. The van der Waals surface area contributed by atoms with E-state index in [-0.39, 0.29) is 11.9 Å². The average Bonchev–Trinajstić information content (AvgIpc) is 2.91. The summed E-state index contributed by atoms with van der Waals surface area (Å²) >= 11 is 0. The zero-order valence-electron chi connectivity index (χ0n) is 13.7. The first-order valence-electron chi connectivity index (χ1n) is 8.62. The van der Waals surface area contributed by atoms with Crippen LogP contribution in [0.15, 0.2) is 48.5 Å². The Bertz CT molecular complexity index is 680. The van der Waals surface area contributed by atoms with Gasteiger partial charge in [0.1, 0.15) is 5.82 Å². The lowest BCUT2D eigenvalue weighted by atomic mass is 9.88. The molecule has 4 rings (SSSR count). The molecule has 125 valence electrons. The zero-order chi connectivity index (χ0) is 16.4. The van der Waals surface area contributed by atoms with Crippen molar-refractivity contribution < 1.29 is 9.13 Å². The van der Waals surface area contributed by atoms with Crippen LogP contribution in [0, 0.1) is 12.0 Å². The first-order chi connectivity index (χ1) is 11.8. The molecule has 0 spiro atoms. The van der Waals surface area contributed by atoms with Crippen LogP contribution in [0.3, 0.4) is 0 Å². The largest absolute Gasteiger partial charge is 0.354 e. The van der Waals surface area contributed by atoms with E-state index >= 15 is 0 Å². The van der Waals surface area contributed by atoms with Crippen molar-refractivity contribution in [3.8, 4) is 0 Å². The van der Waals surface area contributed by atoms with Crippen molar-refractivity contribution in [3.05, 3.63) is 77.3 Å². The second kappa shape index (κ2) is 7.01. The highest BCUT2D eigenvalue weighted by atomic mass is 19.1. The third-order valence-electron chi connectivity index (χ3n) is 4.83. The van der Waals surface area contributed by atoms with Crippen molar-refractivity contribution in [2.45, 2.75) is 18.9 Å². The van der Waals surface area contributed by atoms with Crippen LogP contribution in [-0.4, -0.2) is 31.1 Å². The summed E-state index contributed by atoms with van der Waals surface area (Å²) in [5, 5.41) is 3.44. The molecule has 1 N–H and O–H groups in total. The van der Waals surface area contributed by atoms with Gasteiger partial charge in [0.05, 0.1) is 12.6 Å². The second-order valence-electron chi connectivity index (χ2n) is 6.37.